The van der Waals surface area contributed by atoms with E-state index in [1.807, 2.05) is 5.38 Å². The van der Waals surface area contributed by atoms with Crippen molar-refractivity contribution in [1.29, 1.82) is 0 Å². The van der Waals surface area contributed by atoms with E-state index in [4.69, 9.17) is 5.73 Å². The fourth-order valence-electron chi connectivity index (χ4n) is 1.53. The van der Waals surface area contributed by atoms with Crippen molar-refractivity contribution in [3.63, 3.8) is 0 Å². The van der Waals surface area contributed by atoms with Gasteiger partial charge in [0, 0.05) is 17.7 Å². The summed E-state index contributed by atoms with van der Waals surface area (Å²) in [6.45, 7) is 2.70. The highest BCUT2D eigenvalue weighted by molar-refractivity contribution is 7.11. The van der Waals surface area contributed by atoms with Crippen LogP contribution in [0.1, 0.15) is 28.8 Å². The second-order valence-electron chi connectivity index (χ2n) is 3.87. The Balaban J connectivity index is 2.05. The molecule has 1 heterocycles. The van der Waals surface area contributed by atoms with Crippen LogP contribution in [0.4, 0.5) is 0 Å². The molecule has 0 amide bonds. The topological polar surface area (TPSA) is 56.0 Å². The number of nitrogens with zero attached hydrogens (tertiary/aromatic N) is 1. The third-order valence-electron chi connectivity index (χ3n) is 2.61. The predicted molar refractivity (Wildman–Crippen MR) is 56.5 cm³/mol. The molecule has 1 saturated carbocycles. The summed E-state index contributed by atoms with van der Waals surface area (Å²) < 4.78 is 0. The van der Waals surface area contributed by atoms with Gasteiger partial charge in [0.25, 0.3) is 0 Å². The van der Waals surface area contributed by atoms with E-state index < -0.39 is 0 Å². The highest BCUT2D eigenvalue weighted by atomic mass is 32.1. The van der Waals surface area contributed by atoms with Crippen molar-refractivity contribution in [2.24, 2.45) is 17.6 Å². The summed E-state index contributed by atoms with van der Waals surface area (Å²) in [5, 5.41) is 2.61. The molecule has 0 spiro atoms. The molecule has 0 aromatic carbocycles. The van der Waals surface area contributed by atoms with Crippen LogP contribution in [0.15, 0.2) is 5.38 Å². The maximum absolute atomic E-state index is 11.8. The van der Waals surface area contributed by atoms with Gasteiger partial charge in [0.2, 0.25) is 0 Å². The standard InChI is InChI=1S/C10H14N2OS/c1-6-4-8(6)9(13)10-12-7(2-3-11)5-14-10/h5-6,8H,2-4,11H2,1H3. The lowest BCUT2D eigenvalue weighted by atomic mass is 10.2. The van der Waals surface area contributed by atoms with Gasteiger partial charge in [0.05, 0.1) is 5.69 Å². The van der Waals surface area contributed by atoms with E-state index in [0.717, 1.165) is 18.5 Å². The molecular formula is C10H14N2OS. The summed E-state index contributed by atoms with van der Waals surface area (Å²) >= 11 is 1.45. The van der Waals surface area contributed by atoms with Crippen molar-refractivity contribution < 1.29 is 4.79 Å². The van der Waals surface area contributed by atoms with Crippen LogP contribution in [-0.2, 0) is 6.42 Å². The summed E-state index contributed by atoms with van der Waals surface area (Å²) in [7, 11) is 0. The molecule has 2 atom stereocenters. The minimum atomic E-state index is 0.228. The second-order valence-corrected chi connectivity index (χ2v) is 4.72. The van der Waals surface area contributed by atoms with Crippen LogP contribution in [0.2, 0.25) is 0 Å². The molecule has 76 valence electrons. The fraction of sp³-hybridized carbons (Fsp3) is 0.600. The number of aromatic nitrogens is 1. The zero-order valence-electron chi connectivity index (χ0n) is 8.19. The summed E-state index contributed by atoms with van der Waals surface area (Å²) in [6, 6.07) is 0. The number of nitrogens with two attached hydrogens (primary N) is 1. The average Bonchev–Trinajstić information content (AvgIpc) is 2.71. The van der Waals surface area contributed by atoms with Gasteiger partial charge >= 0.3 is 0 Å². The summed E-state index contributed by atoms with van der Waals surface area (Å²) in [6.07, 6.45) is 1.80. The van der Waals surface area contributed by atoms with Crippen LogP contribution in [0.25, 0.3) is 0 Å². The van der Waals surface area contributed by atoms with Crippen LogP contribution in [0.5, 0.6) is 0 Å². The molecule has 0 radical (unpaired) electrons. The molecule has 2 rings (SSSR count). The highest BCUT2D eigenvalue weighted by Crippen LogP contribution is 2.40. The molecule has 2 N–H and O–H groups in total. The Kier molecular flexibility index (Phi) is 2.65. The van der Waals surface area contributed by atoms with Crippen molar-refractivity contribution >= 4 is 17.1 Å². The molecule has 1 fully saturated rings. The molecular weight excluding hydrogens is 196 g/mol. The zero-order chi connectivity index (χ0) is 10.1. The Bertz CT molecular complexity index is 348. The molecule has 1 aliphatic rings. The molecule has 0 aliphatic heterocycles. The van der Waals surface area contributed by atoms with E-state index in [1.165, 1.54) is 11.3 Å². The van der Waals surface area contributed by atoms with Gasteiger partial charge in [-0.1, -0.05) is 6.92 Å². The van der Waals surface area contributed by atoms with E-state index >= 15 is 0 Å². The number of carbonyl (C=O) groups excluding carboxylic acids is 1. The first-order valence-electron chi connectivity index (χ1n) is 4.91. The van der Waals surface area contributed by atoms with E-state index in [0.29, 0.717) is 17.5 Å². The molecule has 1 aliphatic carbocycles. The molecule has 4 heteroatoms. The highest BCUT2D eigenvalue weighted by Gasteiger charge is 2.40. The first kappa shape index (κ1) is 9.80. The first-order valence-corrected chi connectivity index (χ1v) is 5.79. The van der Waals surface area contributed by atoms with Crippen LogP contribution < -0.4 is 5.73 Å². The second kappa shape index (κ2) is 3.79. The minimum Gasteiger partial charge on any atom is -0.330 e. The number of carbonyl (C=O) groups is 1. The molecule has 14 heavy (non-hydrogen) atoms. The van der Waals surface area contributed by atoms with Crippen molar-refractivity contribution in [2.45, 2.75) is 19.8 Å². The van der Waals surface area contributed by atoms with Gasteiger partial charge in [-0.05, 0) is 18.9 Å². The van der Waals surface area contributed by atoms with E-state index in [9.17, 15) is 4.79 Å². The molecule has 3 nitrogen and oxygen atoms in total. The predicted octanol–water partition coefficient (Wildman–Crippen LogP) is 1.48. The quantitative estimate of drug-likeness (QED) is 0.766. The van der Waals surface area contributed by atoms with Crippen LogP contribution in [0, 0.1) is 11.8 Å². The third kappa shape index (κ3) is 1.86. The Labute approximate surface area is 87.3 Å². The maximum atomic E-state index is 11.8. The number of hydrogen-bond acceptors (Lipinski definition) is 4. The third-order valence-corrected chi connectivity index (χ3v) is 3.51. The lowest BCUT2D eigenvalue weighted by molar-refractivity contribution is 0.0962. The van der Waals surface area contributed by atoms with E-state index in [-0.39, 0.29) is 11.7 Å². The van der Waals surface area contributed by atoms with Gasteiger partial charge < -0.3 is 5.73 Å². The largest absolute Gasteiger partial charge is 0.330 e. The van der Waals surface area contributed by atoms with Crippen molar-refractivity contribution in [3.05, 3.63) is 16.1 Å². The molecule has 2 unspecified atom stereocenters. The van der Waals surface area contributed by atoms with E-state index in [2.05, 4.69) is 11.9 Å². The van der Waals surface area contributed by atoms with Gasteiger partial charge in [-0.15, -0.1) is 11.3 Å². The van der Waals surface area contributed by atoms with Crippen LogP contribution >= 0.6 is 11.3 Å². The Hall–Kier alpha value is -0.740. The van der Waals surface area contributed by atoms with Crippen molar-refractivity contribution in [3.8, 4) is 0 Å². The SMILES string of the molecule is CC1CC1C(=O)c1nc(CCN)cs1. The van der Waals surface area contributed by atoms with Crippen molar-refractivity contribution in [2.75, 3.05) is 6.54 Å². The first-order chi connectivity index (χ1) is 6.72. The number of hydrogen-bond donors (Lipinski definition) is 1. The maximum Gasteiger partial charge on any atom is 0.194 e. The van der Waals surface area contributed by atoms with Gasteiger partial charge in [-0.25, -0.2) is 4.98 Å². The summed E-state index contributed by atoms with van der Waals surface area (Å²) in [5.41, 5.74) is 6.37. The average molecular weight is 210 g/mol. The number of thiazole rings is 1. The Morgan fingerprint density at radius 3 is 3.07 bits per heavy atom. The Morgan fingerprint density at radius 1 is 1.79 bits per heavy atom. The van der Waals surface area contributed by atoms with Crippen molar-refractivity contribution in [1.82, 2.24) is 4.98 Å². The Morgan fingerprint density at radius 2 is 2.50 bits per heavy atom. The monoisotopic (exact) mass is 210 g/mol. The van der Waals surface area contributed by atoms with E-state index in [1.54, 1.807) is 0 Å². The number of Topliss-reactive ketones (excluding diaryl/α,β-unsaturated/α-hetero) is 1. The smallest absolute Gasteiger partial charge is 0.194 e. The zero-order valence-corrected chi connectivity index (χ0v) is 9.01. The molecule has 1 aromatic rings. The van der Waals surface area contributed by atoms with Gasteiger partial charge in [-0.2, -0.15) is 0 Å². The van der Waals surface area contributed by atoms with Gasteiger partial charge in [-0.3, -0.25) is 4.79 Å². The van der Waals surface area contributed by atoms with Crippen LogP contribution in [-0.4, -0.2) is 17.3 Å². The minimum absolute atomic E-state index is 0.228. The van der Waals surface area contributed by atoms with Gasteiger partial charge in [0.1, 0.15) is 0 Å². The normalized spacial score (nSPS) is 25.0. The molecule has 0 bridgehead atoms. The van der Waals surface area contributed by atoms with Crippen LogP contribution in [0.3, 0.4) is 0 Å². The summed E-state index contributed by atoms with van der Waals surface area (Å²) in [5.74, 6) is 1.03. The fourth-order valence-corrected chi connectivity index (χ4v) is 2.38. The molecule has 1 aromatic heterocycles. The lowest BCUT2D eigenvalue weighted by Crippen LogP contribution is -2.05. The van der Waals surface area contributed by atoms with Gasteiger partial charge in [0.15, 0.2) is 10.8 Å². The molecule has 0 saturated heterocycles. The lowest BCUT2D eigenvalue weighted by Gasteiger charge is -1.92. The number of ketones is 1. The number of rotatable bonds is 4. The summed E-state index contributed by atoms with van der Waals surface area (Å²) in [4.78, 5) is 16.0.